The van der Waals surface area contributed by atoms with Gasteiger partial charge in [-0.2, -0.15) is 0 Å². The van der Waals surface area contributed by atoms with Crippen molar-refractivity contribution >= 4 is 34.8 Å². The molecule has 0 spiro atoms. The summed E-state index contributed by atoms with van der Waals surface area (Å²) < 4.78 is 13.1. The minimum Gasteiger partial charge on any atom is -0.376 e. The van der Waals surface area contributed by atoms with E-state index in [0.717, 1.165) is 0 Å². The number of hydrogen-bond donors (Lipinski definition) is 3. The van der Waals surface area contributed by atoms with Crippen molar-refractivity contribution in [2.24, 2.45) is 0 Å². The van der Waals surface area contributed by atoms with E-state index in [-0.39, 0.29) is 23.4 Å². The summed E-state index contributed by atoms with van der Waals surface area (Å²) >= 11 is 5.67. The van der Waals surface area contributed by atoms with Crippen LogP contribution in [0.4, 0.5) is 15.8 Å². The van der Waals surface area contributed by atoms with Crippen LogP contribution in [0.5, 0.6) is 0 Å². The summed E-state index contributed by atoms with van der Waals surface area (Å²) in [5.74, 6) is -0.953. The molecule has 2 aromatic rings. The minimum absolute atomic E-state index is 0.0000333. The molecule has 0 aliphatic heterocycles. The van der Waals surface area contributed by atoms with Gasteiger partial charge in [0.1, 0.15) is 5.82 Å². The van der Waals surface area contributed by atoms with Crippen LogP contribution in [0.3, 0.4) is 0 Å². The van der Waals surface area contributed by atoms with Gasteiger partial charge in [-0.1, -0.05) is 11.6 Å². The highest BCUT2D eigenvalue weighted by Crippen LogP contribution is 2.19. The van der Waals surface area contributed by atoms with Crippen LogP contribution in [0.2, 0.25) is 5.02 Å². The molecule has 0 saturated heterocycles. The first-order chi connectivity index (χ1) is 11.5. The summed E-state index contributed by atoms with van der Waals surface area (Å²) in [6.07, 6.45) is 0. The zero-order chi connectivity index (χ0) is 17.5. The lowest BCUT2D eigenvalue weighted by Gasteiger charge is -2.09. The number of halogens is 2. The normalized spacial score (nSPS) is 10.1. The molecule has 2 aromatic carbocycles. The molecule has 7 heteroatoms. The Morgan fingerprint density at radius 1 is 1.08 bits per heavy atom. The molecule has 126 valence electrons. The van der Waals surface area contributed by atoms with Crippen LogP contribution < -0.4 is 16.0 Å². The maximum Gasteiger partial charge on any atom is 0.251 e. The molecule has 0 aliphatic rings. The van der Waals surface area contributed by atoms with Crippen LogP contribution in [-0.4, -0.2) is 24.9 Å². The molecular formula is C17H17ClFN3O2. The Morgan fingerprint density at radius 2 is 1.75 bits per heavy atom. The van der Waals surface area contributed by atoms with Crippen molar-refractivity contribution in [3.8, 4) is 0 Å². The van der Waals surface area contributed by atoms with E-state index in [9.17, 15) is 14.0 Å². The van der Waals surface area contributed by atoms with Gasteiger partial charge in [-0.25, -0.2) is 4.39 Å². The molecular weight excluding hydrogens is 333 g/mol. The summed E-state index contributed by atoms with van der Waals surface area (Å²) in [5, 5.41) is 8.23. The van der Waals surface area contributed by atoms with E-state index in [2.05, 4.69) is 16.0 Å². The van der Waals surface area contributed by atoms with E-state index in [1.54, 1.807) is 24.3 Å². The number of rotatable bonds is 6. The lowest BCUT2D eigenvalue weighted by atomic mass is 10.2. The second-order valence-electron chi connectivity index (χ2n) is 4.97. The highest BCUT2D eigenvalue weighted by molar-refractivity contribution is 6.31. The van der Waals surface area contributed by atoms with Crippen molar-refractivity contribution < 1.29 is 14.0 Å². The molecule has 0 aromatic heterocycles. The average Bonchev–Trinajstić information content (AvgIpc) is 2.57. The van der Waals surface area contributed by atoms with Gasteiger partial charge in [0.05, 0.1) is 11.6 Å². The number of carbonyl (C=O) groups is 2. The van der Waals surface area contributed by atoms with Crippen molar-refractivity contribution in [3.05, 3.63) is 58.9 Å². The lowest BCUT2D eigenvalue weighted by Crippen LogP contribution is -2.23. The molecule has 24 heavy (non-hydrogen) atoms. The first-order valence-corrected chi connectivity index (χ1v) is 7.74. The smallest absolute Gasteiger partial charge is 0.251 e. The predicted molar refractivity (Wildman–Crippen MR) is 93.0 cm³/mol. The van der Waals surface area contributed by atoms with Crippen LogP contribution in [-0.2, 0) is 4.79 Å². The van der Waals surface area contributed by atoms with Crippen molar-refractivity contribution in [1.29, 1.82) is 0 Å². The molecule has 0 fully saturated rings. The van der Waals surface area contributed by atoms with Gasteiger partial charge in [-0.3, -0.25) is 9.59 Å². The Hall–Kier alpha value is -2.60. The van der Waals surface area contributed by atoms with Gasteiger partial charge in [0, 0.05) is 23.5 Å². The molecule has 2 amide bonds. The maximum absolute atomic E-state index is 13.1. The van der Waals surface area contributed by atoms with Gasteiger partial charge in [-0.15, -0.1) is 0 Å². The molecule has 0 saturated carbocycles. The molecule has 0 aliphatic carbocycles. The second kappa shape index (κ2) is 8.31. The van der Waals surface area contributed by atoms with E-state index in [4.69, 9.17) is 11.6 Å². The molecule has 5 nitrogen and oxygen atoms in total. The monoisotopic (exact) mass is 349 g/mol. The number of amides is 2. The summed E-state index contributed by atoms with van der Waals surface area (Å²) in [6.45, 7) is 2.39. The fraction of sp³-hybridized carbons (Fsp3) is 0.176. The summed E-state index contributed by atoms with van der Waals surface area (Å²) in [6, 6.07) is 10.7. The first kappa shape index (κ1) is 17.7. The number of nitrogens with one attached hydrogen (secondary N) is 3. The van der Waals surface area contributed by atoms with Crippen molar-refractivity contribution in [2.45, 2.75) is 6.92 Å². The van der Waals surface area contributed by atoms with Gasteiger partial charge in [0.2, 0.25) is 5.91 Å². The molecule has 2 rings (SSSR count). The standard InChI is InChI=1S/C17H17ClFN3O2/c1-2-20-17(24)11-3-5-12(6-4-11)22-16(23)10-21-13-7-8-15(19)14(18)9-13/h3-9,21H,2,10H2,1H3,(H,20,24)(H,22,23). The molecule has 0 radical (unpaired) electrons. The third kappa shape index (κ3) is 4.96. The topological polar surface area (TPSA) is 70.2 Å². The lowest BCUT2D eigenvalue weighted by molar-refractivity contribution is -0.114. The number of anilines is 2. The molecule has 0 heterocycles. The highest BCUT2D eigenvalue weighted by atomic mass is 35.5. The summed E-state index contributed by atoms with van der Waals surface area (Å²) in [5.41, 5.74) is 1.64. The van der Waals surface area contributed by atoms with Crippen LogP contribution in [0.1, 0.15) is 17.3 Å². The Morgan fingerprint density at radius 3 is 2.38 bits per heavy atom. The Bertz CT molecular complexity index is 735. The van der Waals surface area contributed by atoms with E-state index in [1.165, 1.54) is 18.2 Å². The van der Waals surface area contributed by atoms with Gasteiger partial charge in [-0.05, 0) is 49.4 Å². The number of carbonyl (C=O) groups excluding carboxylic acids is 2. The van der Waals surface area contributed by atoms with E-state index in [1.807, 2.05) is 6.92 Å². The van der Waals surface area contributed by atoms with Crippen LogP contribution in [0, 0.1) is 5.82 Å². The summed E-state index contributed by atoms with van der Waals surface area (Å²) in [4.78, 5) is 23.5. The SMILES string of the molecule is CCNC(=O)c1ccc(NC(=O)CNc2ccc(F)c(Cl)c2)cc1. The Kier molecular flexibility index (Phi) is 6.14. The maximum atomic E-state index is 13.1. The third-order valence-corrected chi connectivity index (χ3v) is 3.43. The zero-order valence-electron chi connectivity index (χ0n) is 13.0. The fourth-order valence-corrected chi connectivity index (χ4v) is 2.14. The highest BCUT2D eigenvalue weighted by Gasteiger charge is 2.06. The first-order valence-electron chi connectivity index (χ1n) is 7.36. The predicted octanol–water partition coefficient (Wildman–Crippen LogP) is 3.28. The molecule has 0 unspecified atom stereocenters. The zero-order valence-corrected chi connectivity index (χ0v) is 13.8. The van der Waals surface area contributed by atoms with Crippen LogP contribution >= 0.6 is 11.6 Å². The molecule has 0 bridgehead atoms. The van der Waals surface area contributed by atoms with Gasteiger partial charge in [0.25, 0.3) is 5.91 Å². The minimum atomic E-state index is -0.515. The van der Waals surface area contributed by atoms with E-state index >= 15 is 0 Å². The van der Waals surface area contributed by atoms with E-state index < -0.39 is 5.82 Å². The number of benzene rings is 2. The Labute approximate surface area is 144 Å². The fourth-order valence-electron chi connectivity index (χ4n) is 1.96. The van der Waals surface area contributed by atoms with Crippen LogP contribution in [0.15, 0.2) is 42.5 Å². The molecule has 0 atom stereocenters. The van der Waals surface area contributed by atoms with Gasteiger partial charge in [0.15, 0.2) is 0 Å². The van der Waals surface area contributed by atoms with Crippen LogP contribution in [0.25, 0.3) is 0 Å². The van der Waals surface area contributed by atoms with Crippen molar-refractivity contribution in [1.82, 2.24) is 5.32 Å². The average molecular weight is 350 g/mol. The summed E-state index contributed by atoms with van der Waals surface area (Å²) in [7, 11) is 0. The van der Waals surface area contributed by atoms with E-state index in [0.29, 0.717) is 23.5 Å². The van der Waals surface area contributed by atoms with Gasteiger partial charge < -0.3 is 16.0 Å². The second-order valence-corrected chi connectivity index (χ2v) is 5.37. The Balaban J connectivity index is 1.87. The van der Waals surface area contributed by atoms with Crippen molar-refractivity contribution in [2.75, 3.05) is 23.7 Å². The molecule has 3 N–H and O–H groups in total. The van der Waals surface area contributed by atoms with Crippen molar-refractivity contribution in [3.63, 3.8) is 0 Å². The van der Waals surface area contributed by atoms with Gasteiger partial charge >= 0.3 is 0 Å². The largest absolute Gasteiger partial charge is 0.376 e. The quantitative estimate of drug-likeness (QED) is 0.749. The number of hydrogen-bond acceptors (Lipinski definition) is 3. The third-order valence-electron chi connectivity index (χ3n) is 3.14.